The van der Waals surface area contributed by atoms with Crippen LogP contribution in [-0.2, 0) is 4.79 Å². The Kier molecular flexibility index (Phi) is 6.33. The quantitative estimate of drug-likeness (QED) is 0.363. The maximum atomic E-state index is 12.7. The van der Waals surface area contributed by atoms with Crippen LogP contribution in [0.4, 0.5) is 5.69 Å². The average molecular weight is 494 g/mol. The number of likely N-dealkylation sites (N-methyl/N-ethyl adjacent to an activating group) is 1. The number of aryl methyl sites for hydroxylation is 1. The molecule has 0 radical (unpaired) electrons. The van der Waals surface area contributed by atoms with Crippen LogP contribution in [0, 0.1) is 6.92 Å². The predicted octanol–water partition coefficient (Wildman–Crippen LogP) is 3.21. The SMILES string of the molecule is Cc1[se]c(/C=C2\C(=O)Nc3cc(-c4ccc(O)cc4)ccc32)cc1C(=O)NCCN(C)C. The first kappa shape index (κ1) is 22.1. The van der Waals surface area contributed by atoms with Crippen molar-refractivity contribution in [1.82, 2.24) is 10.2 Å². The fourth-order valence-electron chi connectivity index (χ4n) is 3.60. The first-order chi connectivity index (χ1) is 15.3. The summed E-state index contributed by atoms with van der Waals surface area (Å²) in [6, 6.07) is 14.7. The van der Waals surface area contributed by atoms with Crippen molar-refractivity contribution in [1.29, 1.82) is 0 Å². The molecule has 2 heterocycles. The van der Waals surface area contributed by atoms with Gasteiger partial charge in [0.15, 0.2) is 0 Å². The Balaban J connectivity index is 1.58. The number of rotatable bonds is 6. The van der Waals surface area contributed by atoms with Gasteiger partial charge in [-0.2, -0.15) is 0 Å². The number of anilines is 1. The molecule has 0 aliphatic carbocycles. The molecule has 2 amide bonds. The minimum absolute atomic E-state index is 0.0102. The molecular formula is C25H25N3O3Se. The molecular weight excluding hydrogens is 469 g/mol. The van der Waals surface area contributed by atoms with E-state index >= 15 is 0 Å². The van der Waals surface area contributed by atoms with E-state index in [4.69, 9.17) is 0 Å². The van der Waals surface area contributed by atoms with Crippen molar-refractivity contribution in [3.8, 4) is 16.9 Å². The molecule has 0 fully saturated rings. The number of carbonyl (C=O) groups is 2. The number of aromatic hydroxyl groups is 1. The monoisotopic (exact) mass is 495 g/mol. The van der Waals surface area contributed by atoms with Gasteiger partial charge in [0.2, 0.25) is 0 Å². The molecule has 0 unspecified atom stereocenters. The Hall–Kier alpha value is -3.12. The van der Waals surface area contributed by atoms with Gasteiger partial charge in [-0.3, -0.25) is 0 Å². The Morgan fingerprint density at radius 2 is 1.84 bits per heavy atom. The van der Waals surface area contributed by atoms with Crippen molar-refractivity contribution in [2.24, 2.45) is 0 Å². The van der Waals surface area contributed by atoms with Crippen LogP contribution in [0.5, 0.6) is 5.75 Å². The van der Waals surface area contributed by atoms with Gasteiger partial charge >= 0.3 is 193 Å². The third-order valence-electron chi connectivity index (χ3n) is 5.32. The molecule has 0 bridgehead atoms. The Bertz CT molecular complexity index is 1210. The van der Waals surface area contributed by atoms with Crippen LogP contribution in [0.15, 0.2) is 48.5 Å². The Morgan fingerprint density at radius 3 is 2.56 bits per heavy atom. The molecule has 0 saturated heterocycles. The number of carbonyl (C=O) groups excluding carboxylic acids is 2. The molecule has 6 nitrogen and oxygen atoms in total. The number of nitrogens with zero attached hydrogens (tertiary/aromatic N) is 1. The minimum atomic E-state index is -0.138. The standard InChI is InChI=1S/C25H25N3O3Se/c1-15-21(24(30)26-10-11-28(2)3)13-19(32-15)14-22-20-9-6-17(12-23(20)27-25(22)31)16-4-7-18(29)8-5-16/h4-9,12-14,29H,10-11H2,1-3H3,(H,26,30)(H,27,31)/b22-14-. The molecule has 1 aliphatic heterocycles. The Morgan fingerprint density at radius 1 is 1.12 bits per heavy atom. The first-order valence-electron chi connectivity index (χ1n) is 10.3. The number of benzene rings is 2. The van der Waals surface area contributed by atoms with Gasteiger partial charge in [-0.25, -0.2) is 0 Å². The summed E-state index contributed by atoms with van der Waals surface area (Å²) in [5.41, 5.74) is 4.87. The van der Waals surface area contributed by atoms with Crippen molar-refractivity contribution in [2.75, 3.05) is 32.5 Å². The third kappa shape index (κ3) is 4.70. The first-order valence-corrected chi connectivity index (χ1v) is 12.0. The topological polar surface area (TPSA) is 81.7 Å². The van der Waals surface area contributed by atoms with Crippen molar-refractivity contribution in [2.45, 2.75) is 6.92 Å². The number of phenolic OH excluding ortho intramolecular Hbond substituents is 1. The van der Waals surface area contributed by atoms with E-state index < -0.39 is 0 Å². The van der Waals surface area contributed by atoms with Crippen LogP contribution in [0.2, 0.25) is 0 Å². The summed E-state index contributed by atoms with van der Waals surface area (Å²) in [5, 5.41) is 15.4. The van der Waals surface area contributed by atoms with Crippen LogP contribution in [-0.4, -0.2) is 63.5 Å². The summed E-state index contributed by atoms with van der Waals surface area (Å²) >= 11 is 0.0102. The fourth-order valence-corrected chi connectivity index (χ4v) is 5.64. The van der Waals surface area contributed by atoms with E-state index in [9.17, 15) is 14.7 Å². The van der Waals surface area contributed by atoms with Gasteiger partial charge in [-0.1, -0.05) is 0 Å². The second-order valence-electron chi connectivity index (χ2n) is 8.00. The van der Waals surface area contributed by atoms with Crippen molar-refractivity contribution in [3.63, 3.8) is 0 Å². The zero-order valence-electron chi connectivity index (χ0n) is 18.2. The molecule has 164 valence electrons. The zero-order valence-corrected chi connectivity index (χ0v) is 19.9. The molecule has 3 aromatic rings. The summed E-state index contributed by atoms with van der Waals surface area (Å²) in [6.45, 7) is 3.36. The van der Waals surface area contributed by atoms with E-state index in [0.717, 1.165) is 37.8 Å². The zero-order chi connectivity index (χ0) is 22.8. The molecule has 1 aromatic heterocycles. The number of hydrogen-bond donors (Lipinski definition) is 3. The number of amides is 2. The van der Waals surface area contributed by atoms with E-state index in [1.807, 2.05) is 68.4 Å². The van der Waals surface area contributed by atoms with Crippen LogP contribution in [0.1, 0.15) is 24.8 Å². The van der Waals surface area contributed by atoms with Gasteiger partial charge in [0, 0.05) is 0 Å². The predicted molar refractivity (Wildman–Crippen MR) is 129 cm³/mol. The van der Waals surface area contributed by atoms with Crippen LogP contribution < -0.4 is 10.6 Å². The van der Waals surface area contributed by atoms with Gasteiger partial charge in [-0.15, -0.1) is 0 Å². The molecule has 4 rings (SSSR count). The summed E-state index contributed by atoms with van der Waals surface area (Å²) in [6.07, 6.45) is 1.91. The normalized spacial score (nSPS) is 14.0. The molecule has 0 atom stereocenters. The van der Waals surface area contributed by atoms with Gasteiger partial charge in [0.05, 0.1) is 0 Å². The maximum absolute atomic E-state index is 12.7. The second kappa shape index (κ2) is 9.17. The molecule has 7 heteroatoms. The van der Waals surface area contributed by atoms with Crippen molar-refractivity contribution >= 4 is 43.7 Å². The Labute approximate surface area is 193 Å². The summed E-state index contributed by atoms with van der Waals surface area (Å²) in [4.78, 5) is 27.2. The summed E-state index contributed by atoms with van der Waals surface area (Å²) in [5.74, 6) is 0.0188. The fraction of sp³-hybridized carbons (Fsp3) is 0.200. The van der Waals surface area contributed by atoms with E-state index in [1.165, 1.54) is 0 Å². The van der Waals surface area contributed by atoms with Crippen molar-refractivity contribution in [3.05, 3.63) is 68.5 Å². The molecule has 32 heavy (non-hydrogen) atoms. The molecule has 2 aromatic carbocycles. The van der Waals surface area contributed by atoms with Crippen LogP contribution in [0.25, 0.3) is 22.8 Å². The van der Waals surface area contributed by atoms with Crippen LogP contribution in [0.3, 0.4) is 0 Å². The van der Waals surface area contributed by atoms with E-state index in [-0.39, 0.29) is 32.1 Å². The van der Waals surface area contributed by atoms with Gasteiger partial charge in [-0.05, 0) is 0 Å². The van der Waals surface area contributed by atoms with E-state index in [2.05, 4.69) is 10.6 Å². The number of hydrogen-bond acceptors (Lipinski definition) is 4. The van der Waals surface area contributed by atoms with E-state index in [1.54, 1.807) is 12.1 Å². The molecule has 3 N–H and O–H groups in total. The molecule has 0 saturated carbocycles. The van der Waals surface area contributed by atoms with Gasteiger partial charge in [0.1, 0.15) is 0 Å². The summed E-state index contributed by atoms with van der Waals surface area (Å²) in [7, 11) is 3.94. The van der Waals surface area contributed by atoms with Gasteiger partial charge in [0.25, 0.3) is 0 Å². The number of fused-ring (bicyclic) bond motifs is 1. The number of nitrogens with one attached hydrogen (secondary N) is 2. The molecule has 1 aliphatic rings. The second-order valence-corrected chi connectivity index (χ2v) is 10.7. The van der Waals surface area contributed by atoms with Crippen molar-refractivity contribution < 1.29 is 14.7 Å². The number of phenols is 1. The van der Waals surface area contributed by atoms with Gasteiger partial charge < -0.3 is 0 Å². The van der Waals surface area contributed by atoms with E-state index in [0.29, 0.717) is 17.7 Å². The third-order valence-corrected chi connectivity index (χ3v) is 7.41. The molecule has 0 spiro atoms. The average Bonchev–Trinajstić information content (AvgIpc) is 3.27. The summed E-state index contributed by atoms with van der Waals surface area (Å²) < 4.78 is 2.07. The van der Waals surface area contributed by atoms with Crippen LogP contribution >= 0.6 is 0 Å².